The molecule has 108 valence electrons. The van der Waals surface area contributed by atoms with Crippen molar-refractivity contribution in [3.8, 4) is 0 Å². The second kappa shape index (κ2) is 8.51. The topological polar surface area (TPSA) is 46.5 Å². The quantitative estimate of drug-likeness (QED) is 0.260. The third-order valence-corrected chi connectivity index (χ3v) is 3.61. The number of aliphatic hydroxyl groups excluding tert-OH is 1. The van der Waals surface area contributed by atoms with Crippen molar-refractivity contribution in [3.05, 3.63) is 12.7 Å². The maximum Gasteiger partial charge on any atom is 0.334 e. The molecule has 0 aliphatic carbocycles. The number of aliphatic hydroxyl groups is 1. The standard InChI is InChI=1S/C13H26NO3.ClH/c1-6-12(16)17-13(4,5)14(7-2,8-3)10-9-11-15;/h6,15H,1,7-11H2,2-5H3;1H/q+1;/p-1. The fraction of sp³-hybridized carbons (Fsp3) is 0.769. The first kappa shape index (κ1) is 19.8. The molecule has 18 heavy (non-hydrogen) atoms. The lowest BCUT2D eigenvalue weighted by Gasteiger charge is -2.47. The van der Waals surface area contributed by atoms with Crippen LogP contribution < -0.4 is 12.4 Å². The van der Waals surface area contributed by atoms with Crippen molar-refractivity contribution in [2.75, 3.05) is 26.2 Å². The number of carbonyl (C=O) groups excluding carboxylic acids is 1. The van der Waals surface area contributed by atoms with Gasteiger partial charge in [0.05, 0.1) is 19.6 Å². The number of halogens is 1. The van der Waals surface area contributed by atoms with Gasteiger partial charge in [0.2, 0.25) is 5.72 Å². The van der Waals surface area contributed by atoms with Crippen LogP contribution in [0.1, 0.15) is 34.1 Å². The molecule has 0 bridgehead atoms. The summed E-state index contributed by atoms with van der Waals surface area (Å²) in [6.45, 7) is 14.1. The summed E-state index contributed by atoms with van der Waals surface area (Å²) in [5, 5.41) is 8.98. The van der Waals surface area contributed by atoms with Crippen molar-refractivity contribution in [1.29, 1.82) is 0 Å². The van der Waals surface area contributed by atoms with Crippen LogP contribution in [0.25, 0.3) is 0 Å². The van der Waals surface area contributed by atoms with Crippen LogP contribution in [0.15, 0.2) is 12.7 Å². The van der Waals surface area contributed by atoms with Crippen molar-refractivity contribution < 1.29 is 31.5 Å². The molecule has 0 saturated heterocycles. The van der Waals surface area contributed by atoms with E-state index in [1.807, 2.05) is 13.8 Å². The number of carbonyl (C=O) groups is 1. The summed E-state index contributed by atoms with van der Waals surface area (Å²) in [6.07, 6.45) is 1.89. The molecule has 0 aromatic heterocycles. The van der Waals surface area contributed by atoms with Gasteiger partial charge in [0.1, 0.15) is 0 Å². The molecular formula is C13H26ClNO3. The van der Waals surface area contributed by atoms with Crippen molar-refractivity contribution in [1.82, 2.24) is 0 Å². The fourth-order valence-electron chi connectivity index (χ4n) is 2.33. The highest BCUT2D eigenvalue weighted by atomic mass is 35.5. The Bertz CT molecular complexity index is 263. The van der Waals surface area contributed by atoms with Gasteiger partial charge >= 0.3 is 5.97 Å². The van der Waals surface area contributed by atoms with Gasteiger partial charge in [-0.3, -0.25) is 4.48 Å². The minimum Gasteiger partial charge on any atom is -1.00 e. The van der Waals surface area contributed by atoms with Gasteiger partial charge in [-0.15, -0.1) is 0 Å². The number of hydrogen-bond acceptors (Lipinski definition) is 3. The van der Waals surface area contributed by atoms with Crippen LogP contribution in [0.2, 0.25) is 0 Å². The van der Waals surface area contributed by atoms with E-state index < -0.39 is 11.7 Å². The first-order valence-corrected chi connectivity index (χ1v) is 6.21. The molecule has 0 radical (unpaired) electrons. The van der Waals surface area contributed by atoms with Gasteiger partial charge in [0.25, 0.3) is 0 Å². The normalized spacial score (nSPS) is 11.6. The fourth-order valence-corrected chi connectivity index (χ4v) is 2.33. The van der Waals surface area contributed by atoms with Crippen LogP contribution >= 0.6 is 0 Å². The SMILES string of the molecule is C=CC(=O)OC(C)(C)[N+](CC)(CC)CCCO.[Cl-]. The number of hydrogen-bond donors (Lipinski definition) is 1. The minimum atomic E-state index is -0.607. The molecule has 0 aliphatic heterocycles. The van der Waals surface area contributed by atoms with E-state index in [-0.39, 0.29) is 19.0 Å². The van der Waals surface area contributed by atoms with Gasteiger partial charge in [-0.1, -0.05) is 6.58 Å². The van der Waals surface area contributed by atoms with Crippen LogP contribution in [-0.2, 0) is 9.53 Å². The average molecular weight is 280 g/mol. The Morgan fingerprint density at radius 1 is 1.39 bits per heavy atom. The Hall–Kier alpha value is -0.580. The molecule has 0 saturated carbocycles. The number of ether oxygens (including phenoxy) is 1. The summed E-state index contributed by atoms with van der Waals surface area (Å²) < 4.78 is 6.11. The van der Waals surface area contributed by atoms with Crippen molar-refractivity contribution in [2.24, 2.45) is 0 Å². The van der Waals surface area contributed by atoms with Crippen molar-refractivity contribution in [2.45, 2.75) is 39.8 Å². The van der Waals surface area contributed by atoms with Gasteiger partial charge in [-0.05, 0) is 13.8 Å². The summed E-state index contributed by atoms with van der Waals surface area (Å²) in [6, 6.07) is 0. The predicted molar refractivity (Wildman–Crippen MR) is 68.3 cm³/mol. The lowest BCUT2D eigenvalue weighted by molar-refractivity contribution is -0.990. The zero-order valence-corrected chi connectivity index (χ0v) is 12.7. The monoisotopic (exact) mass is 279 g/mol. The Morgan fingerprint density at radius 3 is 2.22 bits per heavy atom. The average Bonchev–Trinajstić information content (AvgIpc) is 2.30. The zero-order valence-electron chi connectivity index (χ0n) is 11.9. The van der Waals surface area contributed by atoms with E-state index in [9.17, 15) is 4.79 Å². The number of esters is 1. The van der Waals surface area contributed by atoms with E-state index in [0.29, 0.717) is 10.9 Å². The summed E-state index contributed by atoms with van der Waals surface area (Å²) in [5.41, 5.74) is -0.607. The second-order valence-electron chi connectivity index (χ2n) is 4.65. The zero-order chi connectivity index (χ0) is 13.5. The predicted octanol–water partition coefficient (Wildman–Crippen LogP) is -1.31. The lowest BCUT2D eigenvalue weighted by atomic mass is 10.1. The van der Waals surface area contributed by atoms with Gasteiger partial charge in [-0.25, -0.2) is 4.79 Å². The highest BCUT2D eigenvalue weighted by Crippen LogP contribution is 2.27. The number of quaternary nitrogens is 1. The Labute approximate surface area is 117 Å². The molecule has 0 fully saturated rings. The third kappa shape index (κ3) is 4.59. The molecule has 0 aromatic carbocycles. The third-order valence-electron chi connectivity index (χ3n) is 3.61. The summed E-state index contributed by atoms with van der Waals surface area (Å²) in [5.74, 6) is -0.400. The Balaban J connectivity index is 0. The smallest absolute Gasteiger partial charge is 0.334 e. The molecule has 4 nitrogen and oxygen atoms in total. The summed E-state index contributed by atoms with van der Waals surface area (Å²) in [7, 11) is 0. The van der Waals surface area contributed by atoms with Gasteiger partial charge < -0.3 is 22.3 Å². The Kier molecular flexibility index (Phi) is 9.34. The van der Waals surface area contributed by atoms with Crippen molar-refractivity contribution in [3.63, 3.8) is 0 Å². The maximum absolute atomic E-state index is 11.4. The maximum atomic E-state index is 11.4. The molecule has 5 heteroatoms. The van der Waals surface area contributed by atoms with E-state index in [2.05, 4.69) is 20.4 Å². The first-order valence-electron chi connectivity index (χ1n) is 6.21. The molecule has 0 atom stereocenters. The van der Waals surface area contributed by atoms with E-state index in [1.54, 1.807) is 0 Å². The van der Waals surface area contributed by atoms with Crippen molar-refractivity contribution >= 4 is 5.97 Å². The molecule has 0 unspecified atom stereocenters. The van der Waals surface area contributed by atoms with E-state index in [4.69, 9.17) is 9.84 Å². The number of nitrogens with zero attached hydrogens (tertiary/aromatic N) is 1. The summed E-state index contributed by atoms with van der Waals surface area (Å²) >= 11 is 0. The Morgan fingerprint density at radius 2 is 1.89 bits per heavy atom. The highest BCUT2D eigenvalue weighted by Gasteiger charge is 2.43. The molecule has 0 heterocycles. The lowest BCUT2D eigenvalue weighted by Crippen LogP contribution is -3.00. The number of rotatable bonds is 8. The molecule has 0 spiro atoms. The van der Waals surface area contributed by atoms with Crippen LogP contribution in [0.5, 0.6) is 0 Å². The molecule has 0 aromatic rings. The summed E-state index contributed by atoms with van der Waals surface area (Å²) in [4.78, 5) is 11.4. The second-order valence-corrected chi connectivity index (χ2v) is 4.65. The molecular weight excluding hydrogens is 254 g/mol. The largest absolute Gasteiger partial charge is 1.00 e. The van der Waals surface area contributed by atoms with E-state index >= 15 is 0 Å². The van der Waals surface area contributed by atoms with Crippen LogP contribution in [0.3, 0.4) is 0 Å². The molecule has 0 aliphatic rings. The van der Waals surface area contributed by atoms with Crippen LogP contribution in [-0.4, -0.2) is 47.5 Å². The van der Waals surface area contributed by atoms with E-state index in [0.717, 1.165) is 19.6 Å². The minimum absolute atomic E-state index is 0. The molecule has 0 amide bonds. The molecule has 0 rings (SSSR count). The first-order chi connectivity index (χ1) is 7.89. The van der Waals surface area contributed by atoms with Gasteiger partial charge in [0, 0.05) is 33.0 Å². The van der Waals surface area contributed by atoms with Crippen LogP contribution in [0, 0.1) is 0 Å². The van der Waals surface area contributed by atoms with Gasteiger partial charge in [-0.2, -0.15) is 0 Å². The van der Waals surface area contributed by atoms with Gasteiger partial charge in [0.15, 0.2) is 0 Å². The van der Waals surface area contributed by atoms with Crippen LogP contribution in [0.4, 0.5) is 0 Å². The molecule has 1 N–H and O–H groups in total. The highest BCUT2D eigenvalue weighted by molar-refractivity contribution is 5.81. The van der Waals surface area contributed by atoms with E-state index in [1.165, 1.54) is 6.08 Å².